The first-order valence-corrected chi connectivity index (χ1v) is 7.31. The van der Waals surface area contributed by atoms with Crippen LogP contribution in [0.2, 0.25) is 0 Å². The highest BCUT2D eigenvalue weighted by Crippen LogP contribution is 2.21. The average molecular weight is 317 g/mol. The van der Waals surface area contributed by atoms with Gasteiger partial charge in [0.2, 0.25) is 0 Å². The third-order valence-electron chi connectivity index (χ3n) is 3.75. The van der Waals surface area contributed by atoms with Gasteiger partial charge in [-0.05, 0) is 19.1 Å². The number of imidazole rings is 1. The monoisotopic (exact) mass is 317 g/mol. The Hall–Kier alpha value is -3.62. The van der Waals surface area contributed by atoms with Crippen molar-refractivity contribution >= 4 is 22.1 Å². The summed E-state index contributed by atoms with van der Waals surface area (Å²) >= 11 is 0. The van der Waals surface area contributed by atoms with Gasteiger partial charge < -0.3 is 4.98 Å². The number of nitrogens with one attached hydrogen (secondary N) is 1. The Morgan fingerprint density at radius 1 is 1.12 bits per heavy atom. The Balaban J connectivity index is 1.82. The lowest BCUT2D eigenvalue weighted by atomic mass is 10.3. The number of fused-ring (bicyclic) bond motifs is 2. The van der Waals surface area contributed by atoms with E-state index >= 15 is 0 Å². The maximum atomic E-state index is 4.64. The van der Waals surface area contributed by atoms with Gasteiger partial charge in [-0.25, -0.2) is 14.3 Å². The van der Waals surface area contributed by atoms with Crippen LogP contribution in [0.1, 0.15) is 5.69 Å². The van der Waals surface area contributed by atoms with Gasteiger partial charge >= 0.3 is 0 Å². The summed E-state index contributed by atoms with van der Waals surface area (Å²) in [5.74, 6) is 1.04. The van der Waals surface area contributed by atoms with Crippen molar-refractivity contribution in [3.8, 4) is 11.8 Å². The minimum Gasteiger partial charge on any atom is -0.329 e. The third-order valence-corrected chi connectivity index (χ3v) is 3.75. The van der Waals surface area contributed by atoms with Crippen LogP contribution in [-0.4, -0.2) is 44.5 Å². The molecule has 0 bridgehead atoms. The maximum absolute atomic E-state index is 4.64. The Labute approximate surface area is 135 Å². The largest absolute Gasteiger partial charge is 0.329 e. The van der Waals surface area contributed by atoms with Crippen molar-refractivity contribution in [1.29, 1.82) is 0 Å². The molecule has 0 unspecified atom stereocenters. The number of aromatic nitrogens is 9. The van der Waals surface area contributed by atoms with E-state index in [-0.39, 0.29) is 0 Å². The van der Waals surface area contributed by atoms with Gasteiger partial charge in [-0.1, -0.05) is 0 Å². The van der Waals surface area contributed by atoms with Crippen molar-refractivity contribution in [1.82, 2.24) is 44.5 Å². The molecule has 0 spiro atoms. The molecule has 116 valence electrons. The van der Waals surface area contributed by atoms with E-state index in [1.807, 2.05) is 25.3 Å². The van der Waals surface area contributed by atoms with E-state index in [9.17, 15) is 0 Å². The number of nitrogens with zero attached hydrogens (tertiary/aromatic N) is 8. The molecule has 0 saturated heterocycles. The lowest BCUT2D eigenvalue weighted by molar-refractivity contribution is 0.782. The number of aryl methyl sites for hydroxylation is 1. The van der Waals surface area contributed by atoms with E-state index in [0.717, 1.165) is 16.6 Å². The lowest BCUT2D eigenvalue weighted by Crippen LogP contribution is -2.08. The van der Waals surface area contributed by atoms with Crippen molar-refractivity contribution in [3.05, 3.63) is 48.9 Å². The van der Waals surface area contributed by atoms with Crippen molar-refractivity contribution in [3.63, 3.8) is 0 Å². The highest BCUT2D eigenvalue weighted by Gasteiger charge is 2.16. The lowest BCUT2D eigenvalue weighted by Gasteiger charge is -2.06. The summed E-state index contributed by atoms with van der Waals surface area (Å²) in [6.07, 6.45) is 8.65. The normalized spacial score (nSPS) is 11.5. The molecule has 0 radical (unpaired) electrons. The van der Waals surface area contributed by atoms with E-state index in [1.54, 1.807) is 34.3 Å². The zero-order valence-corrected chi connectivity index (χ0v) is 12.6. The van der Waals surface area contributed by atoms with Crippen LogP contribution < -0.4 is 0 Å². The Morgan fingerprint density at radius 3 is 2.96 bits per heavy atom. The fraction of sp³-hybridized carbons (Fsp3) is 0.0667. The van der Waals surface area contributed by atoms with E-state index in [1.165, 1.54) is 0 Å². The first-order valence-electron chi connectivity index (χ1n) is 7.31. The fourth-order valence-electron chi connectivity index (χ4n) is 2.63. The van der Waals surface area contributed by atoms with Crippen LogP contribution in [0.25, 0.3) is 33.8 Å². The molecule has 0 amide bonds. The van der Waals surface area contributed by atoms with Crippen LogP contribution in [-0.2, 0) is 0 Å². The molecule has 0 saturated carbocycles. The molecular weight excluding hydrogens is 306 g/mol. The van der Waals surface area contributed by atoms with Gasteiger partial charge in [0, 0.05) is 24.0 Å². The molecule has 24 heavy (non-hydrogen) atoms. The maximum Gasteiger partial charge on any atom is 0.254 e. The predicted molar refractivity (Wildman–Crippen MR) is 86.0 cm³/mol. The van der Waals surface area contributed by atoms with Crippen LogP contribution in [0.5, 0.6) is 0 Å². The van der Waals surface area contributed by atoms with E-state index in [0.29, 0.717) is 22.9 Å². The quantitative estimate of drug-likeness (QED) is 0.530. The number of H-pyrrole nitrogens is 1. The van der Waals surface area contributed by atoms with E-state index in [4.69, 9.17) is 0 Å². The first-order chi connectivity index (χ1) is 11.8. The summed E-state index contributed by atoms with van der Waals surface area (Å²) in [5, 5.41) is 9.74. The van der Waals surface area contributed by atoms with Crippen LogP contribution in [0.3, 0.4) is 0 Å². The minimum absolute atomic E-state index is 0.451. The summed E-state index contributed by atoms with van der Waals surface area (Å²) in [7, 11) is 0. The number of pyridine rings is 1. The standard InChI is InChI=1S/C15H11N9/c1-9-3-5-23(22-9)15-20-13-12(17-8-18-13)14(21-15)24-11-2-4-16-6-10(11)7-19-24/h2-8H,1H3,(H,17,18,20,21). The van der Waals surface area contributed by atoms with Gasteiger partial charge in [-0.15, -0.1) is 0 Å². The molecule has 5 rings (SSSR count). The van der Waals surface area contributed by atoms with Crippen molar-refractivity contribution < 1.29 is 0 Å². The molecule has 5 heterocycles. The SMILES string of the molecule is Cc1ccn(-c2nc(-n3ncc4cnccc43)c3nc[nH]c3n2)n1. The predicted octanol–water partition coefficient (Wildman–Crippen LogP) is 1.58. The number of hydrogen-bond acceptors (Lipinski definition) is 6. The molecule has 5 aromatic heterocycles. The zero-order chi connectivity index (χ0) is 16.1. The van der Waals surface area contributed by atoms with Gasteiger partial charge in [-0.2, -0.15) is 20.2 Å². The Morgan fingerprint density at radius 2 is 2.08 bits per heavy atom. The molecule has 0 aromatic carbocycles. The highest BCUT2D eigenvalue weighted by molar-refractivity contribution is 5.84. The smallest absolute Gasteiger partial charge is 0.254 e. The third kappa shape index (κ3) is 1.81. The molecule has 0 aliphatic rings. The van der Waals surface area contributed by atoms with Crippen molar-refractivity contribution in [2.45, 2.75) is 6.92 Å². The summed E-state index contributed by atoms with van der Waals surface area (Å²) in [6.45, 7) is 1.92. The van der Waals surface area contributed by atoms with Gasteiger partial charge in [0.25, 0.3) is 5.95 Å². The van der Waals surface area contributed by atoms with Crippen molar-refractivity contribution in [2.24, 2.45) is 0 Å². The van der Waals surface area contributed by atoms with Gasteiger partial charge in [0.05, 0.1) is 23.7 Å². The molecular formula is C15H11N9. The van der Waals surface area contributed by atoms with Gasteiger partial charge in [-0.3, -0.25) is 4.98 Å². The van der Waals surface area contributed by atoms with Crippen molar-refractivity contribution in [2.75, 3.05) is 0 Å². The second-order valence-corrected chi connectivity index (χ2v) is 5.34. The fourth-order valence-corrected chi connectivity index (χ4v) is 2.63. The van der Waals surface area contributed by atoms with Crippen LogP contribution in [0.15, 0.2) is 43.2 Å². The number of rotatable bonds is 2. The Bertz CT molecular complexity index is 1180. The molecule has 0 aliphatic heterocycles. The van der Waals surface area contributed by atoms with E-state index < -0.39 is 0 Å². The number of hydrogen-bond donors (Lipinski definition) is 1. The number of aromatic amines is 1. The highest BCUT2D eigenvalue weighted by atomic mass is 15.4. The Kier molecular flexibility index (Phi) is 2.51. The average Bonchev–Trinajstić information content (AvgIpc) is 3.32. The van der Waals surface area contributed by atoms with Gasteiger partial charge in [0.1, 0.15) is 0 Å². The van der Waals surface area contributed by atoms with Gasteiger partial charge in [0.15, 0.2) is 17.0 Å². The topological polar surface area (TPSA) is 103 Å². The van der Waals surface area contributed by atoms with E-state index in [2.05, 4.69) is 35.1 Å². The second kappa shape index (κ2) is 4.69. The summed E-state index contributed by atoms with van der Waals surface area (Å²) in [4.78, 5) is 20.6. The molecule has 0 fully saturated rings. The first kappa shape index (κ1) is 12.9. The molecule has 1 N–H and O–H groups in total. The summed E-state index contributed by atoms with van der Waals surface area (Å²) in [6, 6.07) is 3.79. The minimum atomic E-state index is 0.451. The molecule has 9 nitrogen and oxygen atoms in total. The second-order valence-electron chi connectivity index (χ2n) is 5.34. The van der Waals surface area contributed by atoms with Crippen LogP contribution >= 0.6 is 0 Å². The molecule has 9 heteroatoms. The molecule has 0 atom stereocenters. The van der Waals surface area contributed by atoms with Crippen LogP contribution in [0, 0.1) is 6.92 Å². The molecule has 0 aliphatic carbocycles. The zero-order valence-electron chi connectivity index (χ0n) is 12.6. The molecule has 5 aromatic rings. The van der Waals surface area contributed by atoms with Crippen LogP contribution in [0.4, 0.5) is 0 Å². The summed E-state index contributed by atoms with van der Waals surface area (Å²) in [5.41, 5.74) is 3.06. The summed E-state index contributed by atoms with van der Waals surface area (Å²) < 4.78 is 3.37.